The van der Waals surface area contributed by atoms with Crippen molar-refractivity contribution < 1.29 is 52.3 Å². The lowest BCUT2D eigenvalue weighted by molar-refractivity contribution is 0.0972. The molecule has 5 N–H and O–H groups in total. The molecule has 486 valence electrons. The van der Waals surface area contributed by atoms with Crippen molar-refractivity contribution in [3.05, 3.63) is 0 Å². The summed E-state index contributed by atoms with van der Waals surface area (Å²) in [6.07, 6.45) is 6.97. The molecule has 0 unspecified atom stereocenters. The maximum atomic E-state index is 12.8. The van der Waals surface area contributed by atoms with E-state index in [4.69, 9.17) is 0 Å². The van der Waals surface area contributed by atoms with Gasteiger partial charge in [-0.25, -0.2) is 56.3 Å². The smallest absolute Gasteiger partial charge is 0.219 e. The molecule has 0 spiro atoms. The van der Waals surface area contributed by atoms with Crippen molar-refractivity contribution >= 4 is 50.1 Å². The lowest BCUT2D eigenvalue weighted by Crippen LogP contribution is -2.54. The molecule has 80 heavy (non-hydrogen) atoms. The molecule has 0 radical (unpaired) electrons. The Morgan fingerprint density at radius 2 is 0.662 bits per heavy atom. The Bertz CT molecular complexity index is 2230. The van der Waals surface area contributed by atoms with E-state index in [-0.39, 0.29) is 53.6 Å². The van der Waals surface area contributed by atoms with Gasteiger partial charge in [0.1, 0.15) is 0 Å². The normalized spacial score (nSPS) is 17.5. The van der Waals surface area contributed by atoms with Gasteiger partial charge in [-0.2, -0.15) is 8.61 Å². The van der Waals surface area contributed by atoms with Gasteiger partial charge in [0.15, 0.2) is 0 Å². The van der Waals surface area contributed by atoms with E-state index in [1.165, 1.54) is 0 Å². The largest absolute Gasteiger partial charge is 0.395 e. The summed E-state index contributed by atoms with van der Waals surface area (Å²) in [6, 6.07) is -0.701. The van der Waals surface area contributed by atoms with Crippen LogP contribution in [0.15, 0.2) is 0 Å². The van der Waals surface area contributed by atoms with Crippen molar-refractivity contribution in [1.29, 1.82) is 0 Å². The van der Waals surface area contributed by atoms with E-state index in [1.807, 2.05) is 55.4 Å². The highest BCUT2D eigenvalue weighted by molar-refractivity contribution is 7.91. The molecular formula is C58H127N5O12S5. The maximum absolute atomic E-state index is 12.8. The van der Waals surface area contributed by atoms with Gasteiger partial charge < -0.3 is 10.2 Å². The zero-order valence-corrected chi connectivity index (χ0v) is 60.6. The van der Waals surface area contributed by atoms with Gasteiger partial charge in [0.05, 0.1) is 49.0 Å². The average Bonchev–Trinajstić information content (AvgIpc) is 4.11. The fourth-order valence-electron chi connectivity index (χ4n) is 7.36. The Balaban J connectivity index is -0.000000935. The third kappa shape index (κ3) is 31.2. The van der Waals surface area contributed by atoms with Gasteiger partial charge >= 0.3 is 0 Å². The predicted molar refractivity (Wildman–Crippen MR) is 339 cm³/mol. The van der Waals surface area contributed by atoms with Crippen LogP contribution >= 0.6 is 0 Å². The minimum atomic E-state index is -3.41. The molecule has 0 aromatic carbocycles. The highest BCUT2D eigenvalue weighted by Gasteiger charge is 2.46. The third-order valence-corrected chi connectivity index (χ3v) is 25.4. The van der Waals surface area contributed by atoms with E-state index in [0.717, 1.165) is 44.9 Å². The van der Waals surface area contributed by atoms with Crippen molar-refractivity contribution in [2.45, 2.75) is 301 Å². The van der Waals surface area contributed by atoms with Gasteiger partial charge in [-0.1, -0.05) is 90.0 Å². The zero-order valence-electron chi connectivity index (χ0n) is 56.5. The molecule has 17 nitrogen and oxygen atoms in total. The van der Waals surface area contributed by atoms with Crippen molar-refractivity contribution in [1.82, 2.24) is 22.8 Å². The van der Waals surface area contributed by atoms with Crippen LogP contribution in [0.1, 0.15) is 253 Å². The number of aliphatic hydroxyl groups is 2. The first-order valence-corrected chi connectivity index (χ1v) is 36.5. The second kappa shape index (κ2) is 31.4. The van der Waals surface area contributed by atoms with Gasteiger partial charge in [0, 0.05) is 31.7 Å². The lowest BCUT2D eigenvalue weighted by atomic mass is 9.87. The maximum Gasteiger partial charge on any atom is 0.219 e. The number of hydrogen-bond donors (Lipinski definition) is 5. The van der Waals surface area contributed by atoms with Crippen LogP contribution in [0.5, 0.6) is 0 Å². The molecule has 0 aliphatic heterocycles. The topological polar surface area (TPSA) is 254 Å². The highest BCUT2D eigenvalue weighted by atomic mass is 32.2. The van der Waals surface area contributed by atoms with Crippen molar-refractivity contribution in [3.63, 3.8) is 0 Å². The first-order chi connectivity index (χ1) is 34.9. The fourth-order valence-corrected chi connectivity index (χ4v) is 13.8. The molecule has 0 aromatic rings. The molecule has 2 saturated carbocycles. The number of sulfonamides is 5. The molecule has 0 saturated heterocycles. The average molecular weight is 1250 g/mol. The summed E-state index contributed by atoms with van der Waals surface area (Å²) in [6.45, 7) is 57.3. The summed E-state index contributed by atoms with van der Waals surface area (Å²) < 4.78 is 129. The minimum absolute atomic E-state index is 0.0132. The third-order valence-electron chi connectivity index (χ3n) is 13.4. The van der Waals surface area contributed by atoms with E-state index in [0.29, 0.717) is 43.3 Å². The first kappa shape index (κ1) is 83.7. The Morgan fingerprint density at radius 1 is 0.412 bits per heavy atom. The molecule has 0 aromatic heterocycles. The Labute approximate surface area is 495 Å². The highest BCUT2D eigenvalue weighted by Crippen LogP contribution is 2.38. The van der Waals surface area contributed by atoms with Gasteiger partial charge in [-0.15, -0.1) is 0 Å². The van der Waals surface area contributed by atoms with Gasteiger partial charge in [0.2, 0.25) is 50.1 Å². The van der Waals surface area contributed by atoms with E-state index < -0.39 is 73.9 Å². The van der Waals surface area contributed by atoms with Crippen molar-refractivity contribution in [2.75, 3.05) is 32.8 Å². The van der Waals surface area contributed by atoms with Crippen LogP contribution in [0.4, 0.5) is 0 Å². The molecular weight excluding hydrogens is 1120 g/mol. The number of rotatable bonds is 21. The lowest BCUT2D eigenvalue weighted by Gasteiger charge is -2.41. The molecule has 22 heteroatoms. The molecule has 2 fully saturated rings. The van der Waals surface area contributed by atoms with Crippen LogP contribution in [0, 0.1) is 39.9 Å². The van der Waals surface area contributed by atoms with Gasteiger partial charge in [-0.05, 0) is 203 Å². The summed E-state index contributed by atoms with van der Waals surface area (Å²) in [5.41, 5.74) is -0.385. The molecule has 2 aliphatic rings. The molecule has 4 atom stereocenters. The Hall–Kier alpha value is -0.530. The second-order valence-corrected chi connectivity index (χ2v) is 44.5. The number of nitrogens with one attached hydrogen (secondary N) is 3. The molecule has 0 bridgehead atoms. The van der Waals surface area contributed by atoms with Gasteiger partial charge in [-0.3, -0.25) is 0 Å². The minimum Gasteiger partial charge on any atom is -0.395 e. The first-order valence-electron chi connectivity index (χ1n) is 29.2. The van der Waals surface area contributed by atoms with Gasteiger partial charge in [0.25, 0.3) is 0 Å². The fraction of sp³-hybridized carbons (Fsp3) is 1.00. The van der Waals surface area contributed by atoms with Crippen molar-refractivity contribution in [3.8, 4) is 0 Å². The van der Waals surface area contributed by atoms with Crippen LogP contribution in [-0.2, 0) is 50.1 Å². The quantitative estimate of drug-likeness (QED) is 0.0719. The van der Waals surface area contributed by atoms with Crippen LogP contribution in [0.2, 0.25) is 0 Å². The number of nitrogens with zero attached hydrogens (tertiary/aromatic N) is 2. The summed E-state index contributed by atoms with van der Waals surface area (Å²) in [4.78, 5) is 0. The summed E-state index contributed by atoms with van der Waals surface area (Å²) in [7, 11) is -16.4. The molecule has 2 aliphatic carbocycles. The summed E-state index contributed by atoms with van der Waals surface area (Å²) in [5.74, 6) is 1.95. The Kier molecular flexibility index (Phi) is 32.8. The summed E-state index contributed by atoms with van der Waals surface area (Å²) in [5, 5.41) is 19.4. The number of hydrogen-bond acceptors (Lipinski definition) is 12. The molecule has 0 heterocycles. The van der Waals surface area contributed by atoms with Crippen LogP contribution < -0.4 is 14.2 Å². The van der Waals surface area contributed by atoms with E-state index in [2.05, 4.69) is 62.6 Å². The van der Waals surface area contributed by atoms with Crippen molar-refractivity contribution in [2.24, 2.45) is 39.9 Å². The molecule has 2 rings (SSSR count). The predicted octanol–water partition coefficient (Wildman–Crippen LogP) is 10.9. The van der Waals surface area contributed by atoms with E-state index in [9.17, 15) is 52.3 Å². The van der Waals surface area contributed by atoms with Crippen LogP contribution in [-0.4, -0.2) is 142 Å². The number of aliphatic hydroxyl groups excluding tert-OH is 2. The standard InChI is InChI=1S/2C14H29NO3S.3C10H23NO2S/c2*1-13(2,3)12(10-16)15(9-11-7-8-11)19(17,18)14(4,5)6;1-9(2,3)7-8-11-14(12,13)10(4,5)6;2*1-8(2)7-9(3)11-14(12,13)10(4,5)6/h2*11-12,16H,7-10H2,1-6H3;11H,7-8H2,1-6H3;2*8-9,11H,7H2,1-6H3/t2*12-;;2*9-/m10.10/s1. The Morgan fingerprint density at radius 3 is 0.825 bits per heavy atom. The van der Waals surface area contributed by atoms with Crippen LogP contribution in [0.3, 0.4) is 0 Å². The second-order valence-electron chi connectivity index (χ2n) is 31.7. The van der Waals surface area contributed by atoms with E-state index in [1.54, 1.807) is 112 Å². The molecule has 0 amide bonds. The van der Waals surface area contributed by atoms with E-state index >= 15 is 0 Å². The monoisotopic (exact) mass is 1250 g/mol. The SMILES string of the molecule is CC(C)(C)CCNS(=O)(=O)C(C)(C)C.CC(C)(C)[C@@H](CO)N(CC1CC1)S(=O)(=O)C(C)(C)C.CC(C)(C)[C@H](CO)N(CC1CC1)S(=O)(=O)C(C)(C)C.CC(C)C[C@@H](C)NS(=O)(=O)C(C)(C)C.CC(C)C[C@H](C)NS(=O)(=O)C(C)(C)C. The summed E-state index contributed by atoms with van der Waals surface area (Å²) >= 11 is 0. The van der Waals surface area contributed by atoms with Crippen LogP contribution in [0.25, 0.3) is 0 Å². The zero-order chi connectivity index (χ0) is 64.9.